The van der Waals surface area contributed by atoms with Gasteiger partial charge < -0.3 is 0 Å². The number of halogens is 1. The van der Waals surface area contributed by atoms with Gasteiger partial charge in [0.2, 0.25) is 0 Å². The summed E-state index contributed by atoms with van der Waals surface area (Å²) >= 11 is 0. The lowest BCUT2D eigenvalue weighted by molar-refractivity contribution is -0.384. The molecule has 0 saturated heterocycles. The van der Waals surface area contributed by atoms with Crippen molar-refractivity contribution in [1.82, 2.24) is 0 Å². The summed E-state index contributed by atoms with van der Waals surface area (Å²) in [6, 6.07) is 4.52. The molecule has 0 bridgehead atoms. The zero-order valence-electron chi connectivity index (χ0n) is 8.57. The van der Waals surface area contributed by atoms with Gasteiger partial charge in [0, 0.05) is 18.1 Å². The summed E-state index contributed by atoms with van der Waals surface area (Å²) in [5.74, 6) is -0.528. The zero-order chi connectivity index (χ0) is 11.4. The molecule has 1 aromatic rings. The minimum Gasteiger partial charge on any atom is -0.258 e. The number of rotatable bonds is 4. The van der Waals surface area contributed by atoms with Crippen LogP contribution in [0.1, 0.15) is 24.0 Å². The summed E-state index contributed by atoms with van der Waals surface area (Å²) in [5, 5.41) is 10.6. The van der Waals surface area contributed by atoms with Gasteiger partial charge in [0.1, 0.15) is 0 Å². The molecule has 1 unspecified atom stereocenters. The molecule has 0 aliphatic rings. The fourth-order valence-corrected chi connectivity index (χ4v) is 1.48. The van der Waals surface area contributed by atoms with Gasteiger partial charge in [-0.25, -0.2) is 0 Å². The second-order valence-electron chi connectivity index (χ2n) is 3.35. The van der Waals surface area contributed by atoms with Crippen molar-refractivity contribution in [3.63, 3.8) is 0 Å². The lowest BCUT2D eigenvalue weighted by Crippen LogP contribution is -2.02. The molecular formula is C11H13FNO2. The summed E-state index contributed by atoms with van der Waals surface area (Å²) < 4.78 is 12.5. The van der Waals surface area contributed by atoms with E-state index in [2.05, 4.69) is 6.92 Å². The number of nitro groups is 1. The minimum absolute atomic E-state index is 0.00991. The monoisotopic (exact) mass is 210 g/mol. The normalized spacial score (nSPS) is 12.5. The highest BCUT2D eigenvalue weighted by atomic mass is 19.1. The molecule has 15 heavy (non-hydrogen) atoms. The van der Waals surface area contributed by atoms with Crippen molar-refractivity contribution >= 4 is 5.69 Å². The molecule has 3 nitrogen and oxygen atoms in total. The van der Waals surface area contributed by atoms with Crippen LogP contribution < -0.4 is 0 Å². The third kappa shape index (κ3) is 2.52. The van der Waals surface area contributed by atoms with E-state index in [1.807, 2.05) is 6.92 Å². The summed E-state index contributed by atoms with van der Waals surface area (Å²) in [7, 11) is 0. The average Bonchev–Trinajstić information content (AvgIpc) is 2.27. The summed E-state index contributed by atoms with van der Waals surface area (Å²) in [5.41, 5.74) is 1.54. The Morgan fingerprint density at radius 2 is 2.27 bits per heavy atom. The molecule has 0 heterocycles. The van der Waals surface area contributed by atoms with E-state index >= 15 is 0 Å². The summed E-state index contributed by atoms with van der Waals surface area (Å²) in [6.07, 6.45) is 0.722. The van der Waals surface area contributed by atoms with Crippen molar-refractivity contribution < 1.29 is 9.31 Å². The van der Waals surface area contributed by atoms with Crippen LogP contribution in [0.2, 0.25) is 0 Å². The third-order valence-electron chi connectivity index (χ3n) is 2.35. The largest absolute Gasteiger partial charge is 0.269 e. The molecule has 0 aliphatic carbocycles. The van der Waals surface area contributed by atoms with Gasteiger partial charge in [-0.05, 0) is 24.5 Å². The fourth-order valence-electron chi connectivity index (χ4n) is 1.48. The second kappa shape index (κ2) is 4.87. The summed E-state index contributed by atoms with van der Waals surface area (Å²) in [4.78, 5) is 10.1. The van der Waals surface area contributed by atoms with Crippen LogP contribution in [0.25, 0.3) is 0 Å². The Bertz CT molecular complexity index is 366. The number of hydrogen-bond donors (Lipinski definition) is 0. The molecule has 0 spiro atoms. The van der Waals surface area contributed by atoms with E-state index in [0.29, 0.717) is 5.56 Å². The molecule has 0 N–H and O–H groups in total. The molecule has 81 valence electrons. The number of alkyl halides is 1. The molecule has 1 radical (unpaired) electrons. The Hall–Kier alpha value is -1.45. The van der Waals surface area contributed by atoms with Crippen LogP contribution >= 0.6 is 0 Å². The maximum absolute atomic E-state index is 12.5. The molecule has 4 heteroatoms. The number of non-ortho nitro benzene ring substituents is 1. The van der Waals surface area contributed by atoms with E-state index in [4.69, 9.17) is 0 Å². The lowest BCUT2D eigenvalue weighted by atomic mass is 9.95. The van der Waals surface area contributed by atoms with Crippen molar-refractivity contribution in [3.8, 4) is 0 Å². The first-order valence-electron chi connectivity index (χ1n) is 4.76. The standard InChI is InChI=1S/C11H13FNO2/c1-3-9-4-5-10(13(14)15)6-11(9)8(2)7-12/h4-6,8H,2-3,7H2,1H3. The Labute approximate surface area is 88.1 Å². The van der Waals surface area contributed by atoms with Gasteiger partial charge >= 0.3 is 0 Å². The molecular weight excluding hydrogens is 197 g/mol. The van der Waals surface area contributed by atoms with Crippen molar-refractivity contribution in [1.29, 1.82) is 0 Å². The molecule has 0 fully saturated rings. The van der Waals surface area contributed by atoms with Crippen molar-refractivity contribution in [2.75, 3.05) is 6.67 Å². The predicted molar refractivity (Wildman–Crippen MR) is 56.5 cm³/mol. The van der Waals surface area contributed by atoms with E-state index in [0.717, 1.165) is 12.0 Å². The lowest BCUT2D eigenvalue weighted by Gasteiger charge is -2.11. The SMILES string of the molecule is [CH2]C(CF)c1cc([N+](=O)[O-])ccc1CC. The quantitative estimate of drug-likeness (QED) is 0.566. The maximum atomic E-state index is 12.5. The highest BCUT2D eigenvalue weighted by Crippen LogP contribution is 2.25. The first-order valence-corrected chi connectivity index (χ1v) is 4.76. The fraction of sp³-hybridized carbons (Fsp3) is 0.364. The Morgan fingerprint density at radius 1 is 1.60 bits per heavy atom. The van der Waals surface area contributed by atoms with E-state index in [1.54, 1.807) is 6.07 Å². The van der Waals surface area contributed by atoms with E-state index in [1.165, 1.54) is 12.1 Å². The molecule has 0 amide bonds. The predicted octanol–water partition coefficient (Wildman–Crippen LogP) is 3.04. The molecule has 1 rings (SSSR count). The van der Waals surface area contributed by atoms with Crippen LogP contribution in [0.15, 0.2) is 18.2 Å². The molecule has 0 aliphatic heterocycles. The van der Waals surface area contributed by atoms with Crippen LogP contribution in [-0.2, 0) is 6.42 Å². The average molecular weight is 210 g/mol. The van der Waals surface area contributed by atoms with Gasteiger partial charge in [0.15, 0.2) is 0 Å². The van der Waals surface area contributed by atoms with Gasteiger partial charge in [0.25, 0.3) is 5.69 Å². The Kier molecular flexibility index (Phi) is 3.77. The van der Waals surface area contributed by atoms with Crippen LogP contribution in [-0.4, -0.2) is 11.6 Å². The smallest absolute Gasteiger partial charge is 0.258 e. The first-order chi connectivity index (χ1) is 7.10. The first kappa shape index (κ1) is 11.6. The van der Waals surface area contributed by atoms with Crippen molar-refractivity contribution in [3.05, 3.63) is 46.4 Å². The number of nitro benzene ring substituents is 1. The van der Waals surface area contributed by atoms with Gasteiger partial charge in [-0.3, -0.25) is 14.5 Å². The van der Waals surface area contributed by atoms with Gasteiger partial charge in [-0.15, -0.1) is 0 Å². The summed E-state index contributed by atoms with van der Waals surface area (Å²) in [6.45, 7) is 4.96. The maximum Gasteiger partial charge on any atom is 0.269 e. The zero-order valence-corrected chi connectivity index (χ0v) is 8.57. The van der Waals surface area contributed by atoms with Crippen LogP contribution in [0.5, 0.6) is 0 Å². The van der Waals surface area contributed by atoms with E-state index < -0.39 is 17.5 Å². The molecule has 1 atom stereocenters. The van der Waals surface area contributed by atoms with Crippen molar-refractivity contribution in [2.24, 2.45) is 0 Å². The highest BCUT2D eigenvalue weighted by molar-refractivity contribution is 5.42. The van der Waals surface area contributed by atoms with Gasteiger partial charge in [-0.1, -0.05) is 13.0 Å². The second-order valence-corrected chi connectivity index (χ2v) is 3.35. The molecule has 1 aromatic carbocycles. The van der Waals surface area contributed by atoms with Gasteiger partial charge in [0.05, 0.1) is 11.6 Å². The Balaban J connectivity index is 3.18. The number of aryl methyl sites for hydroxylation is 1. The van der Waals surface area contributed by atoms with Crippen molar-refractivity contribution in [2.45, 2.75) is 19.3 Å². The molecule has 0 aromatic heterocycles. The number of hydrogen-bond acceptors (Lipinski definition) is 2. The number of benzene rings is 1. The topological polar surface area (TPSA) is 43.1 Å². The van der Waals surface area contributed by atoms with Gasteiger partial charge in [-0.2, -0.15) is 0 Å². The van der Waals surface area contributed by atoms with Crippen LogP contribution in [0.4, 0.5) is 10.1 Å². The Morgan fingerprint density at radius 3 is 2.73 bits per heavy atom. The molecule has 0 saturated carbocycles. The van der Waals surface area contributed by atoms with Crippen LogP contribution in [0.3, 0.4) is 0 Å². The third-order valence-corrected chi connectivity index (χ3v) is 2.35. The van der Waals surface area contributed by atoms with Crippen LogP contribution in [0, 0.1) is 17.0 Å². The highest BCUT2D eigenvalue weighted by Gasteiger charge is 2.14. The number of nitrogens with zero attached hydrogens (tertiary/aromatic N) is 1. The minimum atomic E-state index is -0.603. The van der Waals surface area contributed by atoms with E-state index in [9.17, 15) is 14.5 Å². The van der Waals surface area contributed by atoms with E-state index in [-0.39, 0.29) is 5.69 Å².